The van der Waals surface area contributed by atoms with Gasteiger partial charge in [0.2, 0.25) is 11.8 Å². The second kappa shape index (κ2) is 6.71. The van der Waals surface area contributed by atoms with Crippen LogP contribution in [-0.4, -0.2) is 24.4 Å². The number of benzene rings is 2. The molecule has 23 heavy (non-hydrogen) atoms. The molecule has 3 aromatic rings. The van der Waals surface area contributed by atoms with Crippen LogP contribution < -0.4 is 9.47 Å². The zero-order valence-electron chi connectivity index (χ0n) is 12.7. The molecule has 5 nitrogen and oxygen atoms in total. The number of rotatable bonds is 5. The number of aromatic nitrogens is 2. The summed E-state index contributed by atoms with van der Waals surface area (Å²) in [5.41, 5.74) is 1.80. The molecular weight excluding hydrogens is 316 g/mol. The number of hydrogen-bond donors (Lipinski definition) is 0. The Labute approximate surface area is 138 Å². The Kier molecular flexibility index (Phi) is 4.48. The lowest BCUT2D eigenvalue weighted by Gasteiger charge is -2.05. The van der Waals surface area contributed by atoms with E-state index in [0.29, 0.717) is 34.7 Å². The Bertz CT molecular complexity index is 778. The Morgan fingerprint density at radius 1 is 0.957 bits per heavy atom. The minimum atomic E-state index is 0.422. The summed E-state index contributed by atoms with van der Waals surface area (Å²) in [6.07, 6.45) is 0.547. The molecule has 0 saturated heterocycles. The molecule has 0 fully saturated rings. The monoisotopic (exact) mass is 330 g/mol. The number of halogens is 1. The molecule has 0 radical (unpaired) electrons. The van der Waals surface area contributed by atoms with Crippen molar-refractivity contribution in [1.29, 1.82) is 0 Å². The minimum absolute atomic E-state index is 0.422. The molecule has 0 amide bonds. The summed E-state index contributed by atoms with van der Waals surface area (Å²) in [4.78, 5) is 0. The van der Waals surface area contributed by atoms with E-state index in [0.717, 1.165) is 11.1 Å². The molecular formula is C17H15ClN2O3. The standard InChI is InChI=1S/C17H15ClN2O3/c1-21-14-8-12(9-15(10-14)22-2)17-20-19-16(23-17)7-11-3-5-13(18)6-4-11/h3-6,8-10H,7H2,1-2H3. The summed E-state index contributed by atoms with van der Waals surface area (Å²) in [5.74, 6) is 2.28. The third-order valence-electron chi connectivity index (χ3n) is 3.33. The maximum Gasteiger partial charge on any atom is 0.248 e. The highest BCUT2D eigenvalue weighted by atomic mass is 35.5. The van der Waals surface area contributed by atoms with Crippen LogP contribution >= 0.6 is 11.6 Å². The van der Waals surface area contributed by atoms with Crippen molar-refractivity contribution in [3.8, 4) is 23.0 Å². The minimum Gasteiger partial charge on any atom is -0.497 e. The SMILES string of the molecule is COc1cc(OC)cc(-c2nnc(Cc3ccc(Cl)cc3)o2)c1. The highest BCUT2D eigenvalue weighted by molar-refractivity contribution is 6.30. The Morgan fingerprint density at radius 2 is 1.61 bits per heavy atom. The van der Waals surface area contributed by atoms with Crippen LogP contribution in [0.25, 0.3) is 11.5 Å². The van der Waals surface area contributed by atoms with Gasteiger partial charge in [-0.3, -0.25) is 0 Å². The lowest BCUT2D eigenvalue weighted by Crippen LogP contribution is -1.88. The highest BCUT2D eigenvalue weighted by Gasteiger charge is 2.12. The topological polar surface area (TPSA) is 57.4 Å². The van der Waals surface area contributed by atoms with E-state index < -0.39 is 0 Å². The van der Waals surface area contributed by atoms with Crippen molar-refractivity contribution in [1.82, 2.24) is 10.2 Å². The summed E-state index contributed by atoms with van der Waals surface area (Å²) in [6, 6.07) is 13.0. The van der Waals surface area contributed by atoms with Gasteiger partial charge >= 0.3 is 0 Å². The average molecular weight is 331 g/mol. The number of nitrogens with zero attached hydrogens (tertiary/aromatic N) is 2. The van der Waals surface area contributed by atoms with E-state index in [1.807, 2.05) is 36.4 Å². The number of hydrogen-bond acceptors (Lipinski definition) is 5. The van der Waals surface area contributed by atoms with Gasteiger partial charge in [0.25, 0.3) is 0 Å². The van der Waals surface area contributed by atoms with Crippen molar-refractivity contribution in [2.45, 2.75) is 6.42 Å². The summed E-state index contributed by atoms with van der Waals surface area (Å²) in [5, 5.41) is 8.88. The first kappa shape index (κ1) is 15.4. The van der Waals surface area contributed by atoms with E-state index in [1.165, 1.54) is 0 Å². The third kappa shape index (κ3) is 3.63. The van der Waals surface area contributed by atoms with Gasteiger partial charge < -0.3 is 13.9 Å². The molecule has 0 spiro atoms. The molecule has 1 aromatic heterocycles. The molecule has 0 atom stereocenters. The Balaban J connectivity index is 1.85. The van der Waals surface area contributed by atoms with Crippen molar-refractivity contribution in [2.75, 3.05) is 14.2 Å². The van der Waals surface area contributed by atoms with Gasteiger partial charge in [-0.15, -0.1) is 10.2 Å². The average Bonchev–Trinajstić information content (AvgIpc) is 3.05. The second-order valence-corrected chi connectivity index (χ2v) is 5.34. The molecule has 3 rings (SSSR count). The lowest BCUT2D eigenvalue weighted by atomic mass is 10.1. The van der Waals surface area contributed by atoms with E-state index in [2.05, 4.69) is 10.2 Å². The molecule has 6 heteroatoms. The zero-order chi connectivity index (χ0) is 16.2. The summed E-state index contributed by atoms with van der Waals surface area (Å²) >= 11 is 5.88. The summed E-state index contributed by atoms with van der Waals surface area (Å²) in [6.45, 7) is 0. The fourth-order valence-corrected chi connectivity index (χ4v) is 2.28. The van der Waals surface area contributed by atoms with Crippen LogP contribution in [0.2, 0.25) is 5.02 Å². The first-order chi connectivity index (χ1) is 11.2. The Hall–Kier alpha value is -2.53. The van der Waals surface area contributed by atoms with Crippen LogP contribution in [0, 0.1) is 0 Å². The van der Waals surface area contributed by atoms with Crippen LogP contribution in [0.15, 0.2) is 46.9 Å². The van der Waals surface area contributed by atoms with Gasteiger partial charge in [-0.05, 0) is 29.8 Å². The molecule has 0 aliphatic heterocycles. The number of methoxy groups -OCH3 is 2. The first-order valence-electron chi connectivity index (χ1n) is 6.98. The van der Waals surface area contributed by atoms with Gasteiger partial charge in [0.15, 0.2) is 0 Å². The van der Waals surface area contributed by atoms with Crippen LogP contribution in [0.4, 0.5) is 0 Å². The molecule has 1 heterocycles. The first-order valence-corrected chi connectivity index (χ1v) is 7.36. The second-order valence-electron chi connectivity index (χ2n) is 4.91. The molecule has 0 aliphatic rings. The lowest BCUT2D eigenvalue weighted by molar-refractivity contribution is 0.394. The van der Waals surface area contributed by atoms with Gasteiger partial charge in [-0.25, -0.2) is 0 Å². The molecule has 0 N–H and O–H groups in total. The normalized spacial score (nSPS) is 10.6. The fraction of sp³-hybridized carbons (Fsp3) is 0.176. The van der Waals surface area contributed by atoms with Gasteiger partial charge in [-0.2, -0.15) is 0 Å². The maximum absolute atomic E-state index is 5.88. The summed E-state index contributed by atoms with van der Waals surface area (Å²) < 4.78 is 16.2. The summed E-state index contributed by atoms with van der Waals surface area (Å²) in [7, 11) is 3.19. The molecule has 0 bridgehead atoms. The molecule has 0 saturated carbocycles. The molecule has 0 unspecified atom stereocenters. The molecule has 0 aliphatic carbocycles. The van der Waals surface area contributed by atoms with Gasteiger partial charge in [0.1, 0.15) is 11.5 Å². The van der Waals surface area contributed by atoms with Gasteiger partial charge in [0.05, 0.1) is 20.6 Å². The van der Waals surface area contributed by atoms with E-state index in [9.17, 15) is 0 Å². The quantitative estimate of drug-likeness (QED) is 0.707. The van der Waals surface area contributed by atoms with E-state index in [4.69, 9.17) is 25.5 Å². The fourth-order valence-electron chi connectivity index (χ4n) is 2.15. The van der Waals surface area contributed by atoms with Crippen molar-refractivity contribution in [2.24, 2.45) is 0 Å². The number of ether oxygens (including phenoxy) is 2. The van der Waals surface area contributed by atoms with E-state index in [1.54, 1.807) is 20.3 Å². The highest BCUT2D eigenvalue weighted by Crippen LogP contribution is 2.29. The van der Waals surface area contributed by atoms with Gasteiger partial charge in [-0.1, -0.05) is 23.7 Å². The van der Waals surface area contributed by atoms with Crippen LogP contribution in [-0.2, 0) is 6.42 Å². The van der Waals surface area contributed by atoms with Crippen molar-refractivity contribution >= 4 is 11.6 Å². The molecule has 118 valence electrons. The largest absolute Gasteiger partial charge is 0.497 e. The van der Waals surface area contributed by atoms with Crippen molar-refractivity contribution < 1.29 is 13.9 Å². The van der Waals surface area contributed by atoms with Crippen molar-refractivity contribution in [3.63, 3.8) is 0 Å². The van der Waals surface area contributed by atoms with Crippen molar-refractivity contribution in [3.05, 3.63) is 58.9 Å². The third-order valence-corrected chi connectivity index (χ3v) is 3.59. The molecule has 2 aromatic carbocycles. The maximum atomic E-state index is 5.88. The van der Waals surface area contributed by atoms with Crippen LogP contribution in [0.5, 0.6) is 11.5 Å². The van der Waals surface area contributed by atoms with Crippen LogP contribution in [0.1, 0.15) is 11.5 Å². The zero-order valence-corrected chi connectivity index (χ0v) is 13.5. The Morgan fingerprint density at radius 3 is 2.22 bits per heavy atom. The van der Waals surface area contributed by atoms with Crippen LogP contribution in [0.3, 0.4) is 0 Å². The predicted octanol–water partition coefficient (Wildman–Crippen LogP) is 4.00. The van der Waals surface area contributed by atoms with Gasteiger partial charge in [0, 0.05) is 16.7 Å². The smallest absolute Gasteiger partial charge is 0.248 e. The van der Waals surface area contributed by atoms with E-state index in [-0.39, 0.29) is 0 Å². The van der Waals surface area contributed by atoms with E-state index >= 15 is 0 Å². The predicted molar refractivity (Wildman–Crippen MR) is 87.1 cm³/mol.